The third-order valence-corrected chi connectivity index (χ3v) is 3.12. The van der Waals surface area contributed by atoms with Gasteiger partial charge in [0.25, 0.3) is 0 Å². The summed E-state index contributed by atoms with van der Waals surface area (Å²) < 4.78 is 5.96. The van der Waals surface area contributed by atoms with Gasteiger partial charge in [0.05, 0.1) is 0 Å². The number of rotatable bonds is 3. The molecule has 0 bridgehead atoms. The van der Waals surface area contributed by atoms with Gasteiger partial charge in [-0.25, -0.2) is 0 Å². The number of nitrogens with two attached hydrogens (primary N) is 1. The van der Waals surface area contributed by atoms with Gasteiger partial charge in [0.2, 0.25) is 0 Å². The molecule has 0 saturated carbocycles. The summed E-state index contributed by atoms with van der Waals surface area (Å²) in [5.74, 6) is 1.68. The molecule has 0 spiro atoms. The van der Waals surface area contributed by atoms with Crippen LogP contribution < -0.4 is 10.5 Å². The van der Waals surface area contributed by atoms with Crippen molar-refractivity contribution >= 4 is 0 Å². The predicted octanol–water partition coefficient (Wildman–Crippen LogP) is 4.24. The van der Waals surface area contributed by atoms with Crippen LogP contribution in [0, 0.1) is 0 Å². The first-order valence-corrected chi connectivity index (χ1v) is 6.57. The van der Waals surface area contributed by atoms with Gasteiger partial charge in [-0.3, -0.25) is 0 Å². The molecule has 0 aliphatic carbocycles. The first kappa shape index (κ1) is 13.6. The van der Waals surface area contributed by atoms with Crippen LogP contribution in [0.5, 0.6) is 11.5 Å². The summed E-state index contributed by atoms with van der Waals surface area (Å²) in [6, 6.07) is 16.1. The minimum absolute atomic E-state index is 0.118. The summed E-state index contributed by atoms with van der Waals surface area (Å²) in [6.07, 6.45) is 0. The second-order valence-electron chi connectivity index (χ2n) is 5.69. The lowest BCUT2D eigenvalue weighted by Crippen LogP contribution is -2.10. The lowest BCUT2D eigenvalue weighted by molar-refractivity contribution is 0.472. The molecular weight excluding hydrogens is 234 g/mol. The van der Waals surface area contributed by atoms with Crippen LogP contribution in [0.15, 0.2) is 48.5 Å². The normalized spacial score (nSPS) is 11.4. The number of ether oxygens (including phenoxy) is 1. The zero-order valence-electron chi connectivity index (χ0n) is 11.8. The molecule has 100 valence electrons. The standard InChI is InChI=1S/C17H21NO/c1-17(2,3)14-8-6-9-15(11-14)19-16-10-5-4-7-13(16)12-18/h4-11H,12,18H2,1-3H3. The van der Waals surface area contributed by atoms with Crippen LogP contribution in [0.2, 0.25) is 0 Å². The number of benzene rings is 2. The molecule has 0 unspecified atom stereocenters. The van der Waals surface area contributed by atoms with Crippen molar-refractivity contribution in [2.24, 2.45) is 5.73 Å². The first-order valence-electron chi connectivity index (χ1n) is 6.57. The number of para-hydroxylation sites is 1. The zero-order chi connectivity index (χ0) is 13.9. The van der Waals surface area contributed by atoms with Crippen LogP contribution in [-0.2, 0) is 12.0 Å². The highest BCUT2D eigenvalue weighted by atomic mass is 16.5. The zero-order valence-corrected chi connectivity index (χ0v) is 11.8. The van der Waals surface area contributed by atoms with Crippen molar-refractivity contribution in [3.63, 3.8) is 0 Å². The second-order valence-corrected chi connectivity index (χ2v) is 5.69. The Morgan fingerprint density at radius 1 is 1.00 bits per heavy atom. The second kappa shape index (κ2) is 5.45. The molecule has 0 aliphatic heterocycles. The third kappa shape index (κ3) is 3.36. The Balaban J connectivity index is 2.29. The maximum Gasteiger partial charge on any atom is 0.131 e. The Labute approximate surface area is 115 Å². The lowest BCUT2D eigenvalue weighted by atomic mass is 9.87. The molecular formula is C17H21NO. The highest BCUT2D eigenvalue weighted by Gasteiger charge is 2.14. The van der Waals surface area contributed by atoms with E-state index in [9.17, 15) is 0 Å². The Bertz CT molecular complexity index is 555. The van der Waals surface area contributed by atoms with E-state index < -0.39 is 0 Å². The molecule has 2 rings (SSSR count). The van der Waals surface area contributed by atoms with Gasteiger partial charge in [-0.2, -0.15) is 0 Å². The Hall–Kier alpha value is -1.80. The van der Waals surface area contributed by atoms with E-state index in [0.717, 1.165) is 17.1 Å². The molecule has 0 fully saturated rings. The summed E-state index contributed by atoms with van der Waals surface area (Å²) in [6.45, 7) is 7.06. The van der Waals surface area contributed by atoms with Gasteiger partial charge in [-0.05, 0) is 29.2 Å². The smallest absolute Gasteiger partial charge is 0.131 e. The SMILES string of the molecule is CC(C)(C)c1cccc(Oc2ccccc2CN)c1. The molecule has 2 nitrogen and oxygen atoms in total. The van der Waals surface area contributed by atoms with E-state index in [4.69, 9.17) is 10.5 Å². The fourth-order valence-corrected chi connectivity index (χ4v) is 1.93. The van der Waals surface area contributed by atoms with Gasteiger partial charge in [0.15, 0.2) is 0 Å². The van der Waals surface area contributed by atoms with Crippen LogP contribution in [-0.4, -0.2) is 0 Å². The molecule has 19 heavy (non-hydrogen) atoms. The topological polar surface area (TPSA) is 35.2 Å². The quantitative estimate of drug-likeness (QED) is 0.890. The van der Waals surface area contributed by atoms with Crippen molar-refractivity contribution in [1.82, 2.24) is 0 Å². The molecule has 0 amide bonds. The van der Waals surface area contributed by atoms with Crippen LogP contribution in [0.25, 0.3) is 0 Å². The van der Waals surface area contributed by atoms with E-state index in [-0.39, 0.29) is 5.41 Å². The van der Waals surface area contributed by atoms with Crippen molar-refractivity contribution in [2.45, 2.75) is 32.7 Å². The highest BCUT2D eigenvalue weighted by molar-refractivity contribution is 5.40. The molecule has 2 aromatic rings. The molecule has 2 heteroatoms. The van der Waals surface area contributed by atoms with Crippen molar-refractivity contribution < 1.29 is 4.74 Å². The summed E-state index contributed by atoms with van der Waals surface area (Å²) in [4.78, 5) is 0. The fourth-order valence-electron chi connectivity index (χ4n) is 1.93. The molecule has 2 N–H and O–H groups in total. The largest absolute Gasteiger partial charge is 0.457 e. The third-order valence-electron chi connectivity index (χ3n) is 3.12. The van der Waals surface area contributed by atoms with Crippen LogP contribution in [0.3, 0.4) is 0 Å². The number of hydrogen-bond donors (Lipinski definition) is 1. The van der Waals surface area contributed by atoms with Gasteiger partial charge in [-0.1, -0.05) is 51.1 Å². The number of hydrogen-bond acceptors (Lipinski definition) is 2. The van der Waals surface area contributed by atoms with Gasteiger partial charge in [-0.15, -0.1) is 0 Å². The van der Waals surface area contributed by atoms with E-state index in [2.05, 4.69) is 32.9 Å². The first-order chi connectivity index (χ1) is 9.00. The monoisotopic (exact) mass is 255 g/mol. The van der Waals surface area contributed by atoms with Gasteiger partial charge in [0, 0.05) is 12.1 Å². The average Bonchev–Trinajstić information content (AvgIpc) is 2.39. The van der Waals surface area contributed by atoms with Crippen LogP contribution >= 0.6 is 0 Å². The van der Waals surface area contributed by atoms with E-state index in [1.165, 1.54) is 5.56 Å². The van der Waals surface area contributed by atoms with E-state index in [0.29, 0.717) is 6.54 Å². The molecule has 2 aromatic carbocycles. The Kier molecular flexibility index (Phi) is 3.91. The van der Waals surface area contributed by atoms with Gasteiger partial charge < -0.3 is 10.5 Å². The fraction of sp³-hybridized carbons (Fsp3) is 0.294. The summed E-state index contributed by atoms with van der Waals surface area (Å²) in [5, 5.41) is 0. The van der Waals surface area contributed by atoms with Crippen molar-refractivity contribution in [3.05, 3.63) is 59.7 Å². The molecule has 0 aliphatic rings. The summed E-state index contributed by atoms with van der Waals surface area (Å²) in [7, 11) is 0. The summed E-state index contributed by atoms with van der Waals surface area (Å²) in [5.41, 5.74) is 8.12. The van der Waals surface area contributed by atoms with E-state index in [1.807, 2.05) is 36.4 Å². The van der Waals surface area contributed by atoms with E-state index >= 15 is 0 Å². The minimum Gasteiger partial charge on any atom is -0.457 e. The predicted molar refractivity (Wildman–Crippen MR) is 79.5 cm³/mol. The Morgan fingerprint density at radius 2 is 1.74 bits per heavy atom. The summed E-state index contributed by atoms with van der Waals surface area (Å²) >= 11 is 0. The van der Waals surface area contributed by atoms with Crippen molar-refractivity contribution in [2.75, 3.05) is 0 Å². The van der Waals surface area contributed by atoms with Gasteiger partial charge >= 0.3 is 0 Å². The Morgan fingerprint density at radius 3 is 2.42 bits per heavy atom. The molecule has 0 radical (unpaired) electrons. The van der Waals surface area contributed by atoms with Crippen molar-refractivity contribution in [3.8, 4) is 11.5 Å². The molecule has 0 heterocycles. The molecule has 0 saturated heterocycles. The van der Waals surface area contributed by atoms with Crippen molar-refractivity contribution in [1.29, 1.82) is 0 Å². The van der Waals surface area contributed by atoms with E-state index in [1.54, 1.807) is 0 Å². The molecule has 0 atom stereocenters. The lowest BCUT2D eigenvalue weighted by Gasteiger charge is -2.20. The average molecular weight is 255 g/mol. The molecule has 0 aromatic heterocycles. The van der Waals surface area contributed by atoms with Crippen LogP contribution in [0.4, 0.5) is 0 Å². The van der Waals surface area contributed by atoms with Crippen LogP contribution in [0.1, 0.15) is 31.9 Å². The van der Waals surface area contributed by atoms with Gasteiger partial charge in [0.1, 0.15) is 11.5 Å². The minimum atomic E-state index is 0.118. The maximum atomic E-state index is 5.96. The highest BCUT2D eigenvalue weighted by Crippen LogP contribution is 2.29. The maximum absolute atomic E-state index is 5.96.